The lowest BCUT2D eigenvalue weighted by Gasteiger charge is -1.95. The molecule has 0 aromatic rings. The molecule has 0 aliphatic carbocycles. The molecule has 0 aromatic heterocycles. The number of ether oxygens (including phenoxy) is 3. The highest BCUT2D eigenvalue weighted by atomic mass is 16.7. The van der Waals surface area contributed by atoms with Crippen LogP contribution in [0.5, 0.6) is 0 Å². The van der Waals surface area contributed by atoms with Gasteiger partial charge < -0.3 is 25.1 Å². The van der Waals surface area contributed by atoms with E-state index in [0.29, 0.717) is 6.61 Å². The van der Waals surface area contributed by atoms with Crippen molar-refractivity contribution in [1.82, 2.24) is 0 Å². The molecular formula is C7H17NO5. The highest BCUT2D eigenvalue weighted by Gasteiger charge is 1.91. The smallest absolute Gasteiger partial charge is 0.450 e. The maximum Gasteiger partial charge on any atom is 0.505 e. The lowest BCUT2D eigenvalue weighted by molar-refractivity contribution is 0.0630. The molecule has 6 nitrogen and oxygen atoms in total. The second-order valence-electron chi connectivity index (χ2n) is 2.05. The van der Waals surface area contributed by atoms with E-state index in [1.165, 1.54) is 7.11 Å². The molecule has 6 heteroatoms. The van der Waals surface area contributed by atoms with Crippen LogP contribution in [0, 0.1) is 0 Å². The first-order chi connectivity index (χ1) is 6.04. The molecule has 0 spiro atoms. The molecule has 0 aliphatic rings. The third-order valence-electron chi connectivity index (χ3n) is 0.885. The van der Waals surface area contributed by atoms with Gasteiger partial charge in [-0.05, 0) is 6.92 Å². The molecule has 0 saturated heterocycles. The quantitative estimate of drug-likeness (QED) is 0.380. The molecule has 0 radical (unpaired) electrons. The van der Waals surface area contributed by atoms with Crippen molar-refractivity contribution in [1.29, 1.82) is 0 Å². The van der Waals surface area contributed by atoms with E-state index >= 15 is 0 Å². The number of hydrogen-bond acceptors (Lipinski definition) is 5. The Bertz CT molecular complexity index is 117. The zero-order valence-electron chi connectivity index (χ0n) is 8.15. The summed E-state index contributed by atoms with van der Waals surface area (Å²) in [5.74, 6) is 0. The minimum Gasteiger partial charge on any atom is -0.450 e. The Morgan fingerprint density at radius 2 is 1.92 bits per heavy atom. The summed E-state index contributed by atoms with van der Waals surface area (Å²) in [6.07, 6.45) is -1.38. The molecule has 13 heavy (non-hydrogen) atoms. The van der Waals surface area contributed by atoms with Gasteiger partial charge in [-0.25, -0.2) is 4.79 Å². The highest BCUT2D eigenvalue weighted by molar-refractivity contribution is 5.56. The van der Waals surface area contributed by atoms with Crippen LogP contribution in [0.3, 0.4) is 0 Å². The predicted octanol–water partition coefficient (Wildman–Crippen LogP) is 0.265. The molecular weight excluding hydrogens is 178 g/mol. The average molecular weight is 195 g/mol. The summed E-state index contributed by atoms with van der Waals surface area (Å²) >= 11 is 0. The standard InChI is InChI=1S/C4H8O4.C3H9NO/c1-7-2-3-8-4(5)6;1-3(4)5-2/h2-3H2,1H3,(H,5,6);3H,4H2,1-2H3. The molecule has 0 aliphatic heterocycles. The largest absolute Gasteiger partial charge is 0.505 e. The summed E-state index contributed by atoms with van der Waals surface area (Å²) in [4.78, 5) is 9.60. The molecule has 3 N–H and O–H groups in total. The summed E-state index contributed by atoms with van der Waals surface area (Å²) in [7, 11) is 3.05. The van der Waals surface area contributed by atoms with E-state index in [9.17, 15) is 4.79 Å². The van der Waals surface area contributed by atoms with Crippen LogP contribution in [0.4, 0.5) is 4.79 Å². The first-order valence-electron chi connectivity index (χ1n) is 3.67. The van der Waals surface area contributed by atoms with Gasteiger partial charge >= 0.3 is 6.16 Å². The van der Waals surface area contributed by atoms with Gasteiger partial charge in [0.25, 0.3) is 0 Å². The van der Waals surface area contributed by atoms with Crippen molar-refractivity contribution < 1.29 is 24.1 Å². The molecule has 80 valence electrons. The SMILES string of the molecule is COC(C)N.COCCOC(=O)O. The number of rotatable bonds is 4. The molecule has 0 fully saturated rings. The molecule has 0 amide bonds. The van der Waals surface area contributed by atoms with E-state index in [1.54, 1.807) is 14.0 Å². The Morgan fingerprint density at radius 1 is 1.46 bits per heavy atom. The molecule has 0 bridgehead atoms. The van der Waals surface area contributed by atoms with Crippen molar-refractivity contribution in [3.05, 3.63) is 0 Å². The third kappa shape index (κ3) is 24.7. The number of hydrogen-bond donors (Lipinski definition) is 2. The van der Waals surface area contributed by atoms with Crippen molar-refractivity contribution >= 4 is 6.16 Å². The lowest BCUT2D eigenvalue weighted by Crippen LogP contribution is -2.15. The summed E-state index contributed by atoms with van der Waals surface area (Å²) in [5.41, 5.74) is 5.07. The van der Waals surface area contributed by atoms with E-state index < -0.39 is 6.16 Å². The molecule has 1 unspecified atom stereocenters. The molecule has 0 aromatic carbocycles. The van der Waals surface area contributed by atoms with Gasteiger partial charge in [-0.2, -0.15) is 0 Å². The number of nitrogens with two attached hydrogens (primary N) is 1. The Balaban J connectivity index is 0. The van der Waals surface area contributed by atoms with Gasteiger partial charge in [-0.1, -0.05) is 0 Å². The summed E-state index contributed by atoms with van der Waals surface area (Å²) in [6.45, 7) is 2.19. The second-order valence-corrected chi connectivity index (χ2v) is 2.05. The third-order valence-corrected chi connectivity index (χ3v) is 0.885. The number of methoxy groups -OCH3 is 2. The van der Waals surface area contributed by atoms with Gasteiger partial charge in [-0.3, -0.25) is 0 Å². The first kappa shape index (κ1) is 14.7. The Labute approximate surface area is 77.6 Å². The maximum atomic E-state index is 9.60. The molecule has 0 heterocycles. The second kappa shape index (κ2) is 11.2. The fourth-order valence-electron chi connectivity index (χ4n) is 0.212. The van der Waals surface area contributed by atoms with Crippen LogP contribution in [0.25, 0.3) is 0 Å². The van der Waals surface area contributed by atoms with E-state index in [0.717, 1.165) is 0 Å². The topological polar surface area (TPSA) is 91.0 Å². The van der Waals surface area contributed by atoms with Gasteiger partial charge in [-0.15, -0.1) is 0 Å². The lowest BCUT2D eigenvalue weighted by atomic mass is 10.7. The summed E-state index contributed by atoms with van der Waals surface area (Å²) in [5, 5.41) is 7.86. The van der Waals surface area contributed by atoms with Crippen molar-refractivity contribution in [2.45, 2.75) is 13.2 Å². The Kier molecular flexibility index (Phi) is 12.6. The zero-order valence-corrected chi connectivity index (χ0v) is 8.15. The van der Waals surface area contributed by atoms with Crippen LogP contribution >= 0.6 is 0 Å². The number of carboxylic acid groups (broad SMARTS) is 1. The zero-order chi connectivity index (χ0) is 10.7. The Morgan fingerprint density at radius 3 is 2.15 bits per heavy atom. The highest BCUT2D eigenvalue weighted by Crippen LogP contribution is 1.74. The minimum absolute atomic E-state index is 0.103. The van der Waals surface area contributed by atoms with Gasteiger partial charge in [0.2, 0.25) is 0 Å². The van der Waals surface area contributed by atoms with E-state index in [2.05, 4.69) is 14.2 Å². The van der Waals surface area contributed by atoms with E-state index in [1.807, 2.05) is 0 Å². The van der Waals surface area contributed by atoms with Crippen molar-refractivity contribution in [2.24, 2.45) is 5.73 Å². The normalized spacial score (nSPS) is 11.1. The van der Waals surface area contributed by atoms with Gasteiger partial charge in [0, 0.05) is 14.2 Å². The van der Waals surface area contributed by atoms with Crippen LogP contribution in [0.15, 0.2) is 0 Å². The van der Waals surface area contributed by atoms with E-state index in [4.69, 9.17) is 10.8 Å². The minimum atomic E-state index is -1.26. The molecule has 0 saturated carbocycles. The molecule has 0 rings (SSSR count). The number of carbonyl (C=O) groups is 1. The average Bonchev–Trinajstić information content (AvgIpc) is 2.05. The molecule has 1 atom stereocenters. The monoisotopic (exact) mass is 195 g/mol. The van der Waals surface area contributed by atoms with Crippen LogP contribution in [-0.2, 0) is 14.2 Å². The van der Waals surface area contributed by atoms with Crippen LogP contribution in [0.1, 0.15) is 6.92 Å². The van der Waals surface area contributed by atoms with Crippen LogP contribution in [-0.4, -0.2) is 44.9 Å². The summed E-state index contributed by atoms with van der Waals surface area (Å²) in [6, 6.07) is 0. The van der Waals surface area contributed by atoms with Gasteiger partial charge in [0.05, 0.1) is 6.61 Å². The van der Waals surface area contributed by atoms with Crippen molar-refractivity contribution in [2.75, 3.05) is 27.4 Å². The van der Waals surface area contributed by atoms with Crippen LogP contribution < -0.4 is 5.73 Å². The maximum absolute atomic E-state index is 9.60. The Hall–Kier alpha value is -0.850. The van der Waals surface area contributed by atoms with Gasteiger partial charge in [0.1, 0.15) is 12.8 Å². The van der Waals surface area contributed by atoms with Crippen molar-refractivity contribution in [3.63, 3.8) is 0 Å². The fourth-order valence-corrected chi connectivity index (χ4v) is 0.212. The fraction of sp³-hybridized carbons (Fsp3) is 0.857. The van der Waals surface area contributed by atoms with Crippen molar-refractivity contribution in [3.8, 4) is 0 Å². The summed E-state index contributed by atoms with van der Waals surface area (Å²) < 4.78 is 13.1. The predicted molar refractivity (Wildman–Crippen MR) is 46.5 cm³/mol. The van der Waals surface area contributed by atoms with Gasteiger partial charge in [0.15, 0.2) is 0 Å². The van der Waals surface area contributed by atoms with E-state index in [-0.39, 0.29) is 12.8 Å². The first-order valence-corrected chi connectivity index (χ1v) is 3.67. The van der Waals surface area contributed by atoms with Crippen LogP contribution in [0.2, 0.25) is 0 Å².